The third-order valence-corrected chi connectivity index (χ3v) is 2.89. The minimum absolute atomic E-state index is 0.915. The maximum Gasteiger partial charge on any atom is 0.00693 e. The molecule has 0 unspecified atom stereocenters. The maximum absolute atomic E-state index is 4.73. The molecule has 0 radical (unpaired) electrons. The van der Waals surface area contributed by atoms with Crippen molar-refractivity contribution in [3.8, 4) is 0 Å². The first-order valence-electron chi connectivity index (χ1n) is 4.09. The van der Waals surface area contributed by atoms with Crippen molar-refractivity contribution < 1.29 is 0 Å². The molecule has 0 bridgehead atoms. The van der Waals surface area contributed by atoms with Gasteiger partial charge < -0.3 is 0 Å². The van der Waals surface area contributed by atoms with E-state index in [1.807, 2.05) is 6.92 Å². The highest BCUT2D eigenvalue weighted by molar-refractivity contribution is 7.98. The van der Waals surface area contributed by atoms with Gasteiger partial charge in [0.25, 0.3) is 0 Å². The Balaban J connectivity index is 2.75. The summed E-state index contributed by atoms with van der Waals surface area (Å²) in [4.78, 5) is 1.30. The van der Waals surface area contributed by atoms with Gasteiger partial charge in [0.1, 0.15) is 0 Å². The first kappa shape index (κ1) is 10.5. The minimum Gasteiger partial charge on any atom is -0.130 e. The van der Waals surface area contributed by atoms with Gasteiger partial charge in [-0.05, 0) is 53.7 Å². The molecule has 0 heterocycles. The molecule has 13 heavy (non-hydrogen) atoms. The number of hydrogen-bond donors (Lipinski definition) is 0. The Morgan fingerprint density at radius 3 is 2.46 bits per heavy atom. The predicted octanol–water partition coefficient (Wildman–Crippen LogP) is 3.50. The molecule has 0 amide bonds. The molecule has 1 aromatic carbocycles. The van der Waals surface area contributed by atoms with E-state index >= 15 is 0 Å². The van der Waals surface area contributed by atoms with Crippen LogP contribution in [0.15, 0.2) is 34.7 Å². The number of hydrogen-bond acceptors (Lipinski definition) is 2. The largest absolute Gasteiger partial charge is 0.130 e. The van der Waals surface area contributed by atoms with E-state index in [1.54, 1.807) is 11.8 Å². The van der Waals surface area contributed by atoms with Crippen molar-refractivity contribution in [1.82, 2.24) is 0 Å². The lowest BCUT2D eigenvalue weighted by Crippen LogP contribution is -1.86. The molecule has 1 aromatic rings. The molecular weight excluding hydrogens is 196 g/mol. The first-order valence-corrected chi connectivity index (χ1v) is 5.73. The van der Waals surface area contributed by atoms with Gasteiger partial charge in [0.2, 0.25) is 0 Å². The Hall–Kier alpha value is -0.560. The zero-order chi connectivity index (χ0) is 9.68. The van der Waals surface area contributed by atoms with Crippen LogP contribution in [0.2, 0.25) is 0 Å². The van der Waals surface area contributed by atoms with Gasteiger partial charge >= 0.3 is 0 Å². The lowest BCUT2D eigenvalue weighted by atomic mass is 10.1. The molecule has 0 fully saturated rings. The summed E-state index contributed by atoms with van der Waals surface area (Å²) in [7, 11) is 0. The molecule has 0 aliphatic rings. The van der Waals surface area contributed by atoms with Crippen LogP contribution in [0.3, 0.4) is 0 Å². The SMILES string of the molecule is CSc1ccc(CC(C)=C=S)cc1. The monoisotopic (exact) mass is 208 g/mol. The third-order valence-electron chi connectivity index (χ3n) is 1.80. The summed E-state index contributed by atoms with van der Waals surface area (Å²) < 4.78 is 0. The molecule has 0 aromatic heterocycles. The van der Waals surface area contributed by atoms with E-state index in [4.69, 9.17) is 12.2 Å². The van der Waals surface area contributed by atoms with Crippen LogP contribution in [0, 0.1) is 0 Å². The van der Waals surface area contributed by atoms with Gasteiger partial charge in [0, 0.05) is 11.3 Å². The second kappa shape index (κ2) is 5.23. The van der Waals surface area contributed by atoms with Crippen LogP contribution in [-0.4, -0.2) is 11.3 Å². The molecule has 0 spiro atoms. The van der Waals surface area contributed by atoms with Crippen LogP contribution in [0.1, 0.15) is 12.5 Å². The van der Waals surface area contributed by atoms with Gasteiger partial charge in [-0.1, -0.05) is 12.1 Å². The summed E-state index contributed by atoms with van der Waals surface area (Å²) in [6.45, 7) is 2.01. The Morgan fingerprint density at radius 1 is 1.38 bits per heavy atom. The average Bonchev–Trinajstić information content (AvgIpc) is 2.19. The van der Waals surface area contributed by atoms with Gasteiger partial charge in [-0.15, -0.1) is 11.8 Å². The molecule has 0 aliphatic carbocycles. The highest BCUT2D eigenvalue weighted by Gasteiger charge is 1.94. The quantitative estimate of drug-likeness (QED) is 0.551. The summed E-state index contributed by atoms with van der Waals surface area (Å²) in [6, 6.07) is 8.55. The fraction of sp³-hybridized carbons (Fsp3) is 0.273. The van der Waals surface area contributed by atoms with E-state index in [-0.39, 0.29) is 0 Å². The van der Waals surface area contributed by atoms with Gasteiger partial charge in [-0.2, -0.15) is 0 Å². The molecule has 68 valence electrons. The number of thioether (sulfide) groups is 1. The van der Waals surface area contributed by atoms with Crippen molar-refractivity contribution in [2.45, 2.75) is 18.2 Å². The van der Waals surface area contributed by atoms with Crippen molar-refractivity contribution in [3.05, 3.63) is 35.4 Å². The van der Waals surface area contributed by atoms with Crippen molar-refractivity contribution in [2.24, 2.45) is 0 Å². The van der Waals surface area contributed by atoms with Crippen molar-refractivity contribution >= 4 is 29.0 Å². The van der Waals surface area contributed by atoms with E-state index in [2.05, 4.69) is 35.5 Å². The Labute approximate surface area is 89.0 Å². The zero-order valence-corrected chi connectivity index (χ0v) is 9.47. The van der Waals surface area contributed by atoms with Crippen LogP contribution in [0.4, 0.5) is 0 Å². The fourth-order valence-electron chi connectivity index (χ4n) is 1.09. The van der Waals surface area contributed by atoms with E-state index in [9.17, 15) is 0 Å². The van der Waals surface area contributed by atoms with E-state index in [0.29, 0.717) is 0 Å². The summed E-state index contributed by atoms with van der Waals surface area (Å²) in [5, 5.41) is 2.74. The molecule has 0 saturated heterocycles. The maximum atomic E-state index is 4.73. The van der Waals surface area contributed by atoms with Gasteiger partial charge in [-0.3, -0.25) is 0 Å². The summed E-state index contributed by atoms with van der Waals surface area (Å²) in [6.07, 6.45) is 3.00. The second-order valence-corrected chi connectivity index (χ2v) is 3.99. The fourth-order valence-corrected chi connectivity index (χ4v) is 1.57. The van der Waals surface area contributed by atoms with Gasteiger partial charge in [0.05, 0.1) is 0 Å². The van der Waals surface area contributed by atoms with Gasteiger partial charge in [0.15, 0.2) is 0 Å². The lowest BCUT2D eigenvalue weighted by molar-refractivity contribution is 1.16. The van der Waals surface area contributed by atoms with E-state index in [1.165, 1.54) is 10.5 Å². The van der Waals surface area contributed by atoms with E-state index in [0.717, 1.165) is 12.0 Å². The molecule has 0 saturated carbocycles. The molecule has 0 nitrogen and oxygen atoms in total. The number of thiocarbonyl (C=S) groups is 1. The summed E-state index contributed by atoms with van der Waals surface area (Å²) >= 11 is 6.49. The van der Waals surface area contributed by atoms with Crippen LogP contribution in [0.5, 0.6) is 0 Å². The first-order chi connectivity index (χ1) is 6.26. The summed E-state index contributed by atoms with van der Waals surface area (Å²) in [5.41, 5.74) is 2.42. The normalized spacial score (nSPS) is 9.38. The molecule has 0 atom stereocenters. The molecule has 0 N–H and O–H groups in total. The molecule has 0 aliphatic heterocycles. The number of rotatable bonds is 3. The smallest absolute Gasteiger partial charge is 0.00693 e. The molecular formula is C11H12S2. The van der Waals surface area contributed by atoms with Crippen molar-refractivity contribution in [2.75, 3.05) is 6.26 Å². The Bertz CT molecular complexity index is 318. The standard InChI is InChI=1S/C11H12S2/c1-9(8-12)7-10-3-5-11(13-2)6-4-10/h3-6H,7H2,1-2H3. The van der Waals surface area contributed by atoms with Crippen molar-refractivity contribution in [3.63, 3.8) is 0 Å². The van der Waals surface area contributed by atoms with Crippen molar-refractivity contribution in [1.29, 1.82) is 0 Å². The predicted molar refractivity (Wildman–Crippen MR) is 63.7 cm³/mol. The Kier molecular flexibility index (Phi) is 4.23. The summed E-state index contributed by atoms with van der Waals surface area (Å²) in [5.74, 6) is 0. The average molecular weight is 208 g/mol. The zero-order valence-electron chi connectivity index (χ0n) is 7.83. The van der Waals surface area contributed by atoms with Gasteiger partial charge in [-0.25, -0.2) is 0 Å². The topological polar surface area (TPSA) is 0 Å². The van der Waals surface area contributed by atoms with Crippen LogP contribution >= 0.6 is 24.0 Å². The molecule has 2 heteroatoms. The Morgan fingerprint density at radius 2 is 2.00 bits per heavy atom. The third kappa shape index (κ3) is 3.35. The van der Waals surface area contributed by atoms with Crippen LogP contribution < -0.4 is 0 Å². The van der Waals surface area contributed by atoms with Crippen LogP contribution in [0.25, 0.3) is 0 Å². The molecule has 1 rings (SSSR count). The second-order valence-electron chi connectivity index (χ2n) is 2.91. The van der Waals surface area contributed by atoms with Crippen LogP contribution in [-0.2, 0) is 6.42 Å². The highest BCUT2D eigenvalue weighted by Crippen LogP contribution is 2.15. The minimum atomic E-state index is 0.915. The number of allylic oxidation sites excluding steroid dienone is 1. The lowest BCUT2D eigenvalue weighted by Gasteiger charge is -2.00. The number of benzene rings is 1. The van der Waals surface area contributed by atoms with E-state index < -0.39 is 0 Å². The highest BCUT2D eigenvalue weighted by atomic mass is 32.2.